The molecule has 3 rings (SSSR count). The topological polar surface area (TPSA) is 44.4 Å². The van der Waals surface area contributed by atoms with Gasteiger partial charge >= 0.3 is 6.03 Å². The smallest absolute Gasteiger partial charge is 0.321 e. The molecule has 0 unspecified atom stereocenters. The Kier molecular flexibility index (Phi) is 3.09. The van der Waals surface area contributed by atoms with Gasteiger partial charge in [0.2, 0.25) is 0 Å². The van der Waals surface area contributed by atoms with Crippen molar-refractivity contribution in [2.45, 2.75) is 25.7 Å². The largest absolute Gasteiger partial charge is 0.383 e. The minimum Gasteiger partial charge on any atom is -0.383 e. The van der Waals surface area contributed by atoms with E-state index < -0.39 is 0 Å². The Morgan fingerprint density at radius 3 is 2.89 bits per heavy atom. The monoisotopic (exact) mass is 245 g/mol. The Balaban J connectivity index is 1.77. The van der Waals surface area contributed by atoms with Crippen LogP contribution in [0.4, 0.5) is 16.2 Å². The molecular weight excluding hydrogens is 226 g/mol. The molecule has 2 N–H and O–H groups in total. The van der Waals surface area contributed by atoms with E-state index in [0.717, 1.165) is 56.7 Å². The molecule has 0 aromatic heterocycles. The Morgan fingerprint density at radius 1 is 1.22 bits per heavy atom. The van der Waals surface area contributed by atoms with Gasteiger partial charge in [-0.2, -0.15) is 0 Å². The van der Waals surface area contributed by atoms with E-state index in [1.54, 1.807) is 0 Å². The van der Waals surface area contributed by atoms with Crippen molar-refractivity contribution in [1.29, 1.82) is 0 Å². The molecule has 0 aliphatic carbocycles. The maximum atomic E-state index is 12.1. The highest BCUT2D eigenvalue weighted by molar-refractivity contribution is 5.94. The van der Waals surface area contributed by atoms with Crippen molar-refractivity contribution in [2.24, 2.45) is 0 Å². The summed E-state index contributed by atoms with van der Waals surface area (Å²) in [6.45, 7) is 2.76. The van der Waals surface area contributed by atoms with Crippen molar-refractivity contribution in [1.82, 2.24) is 4.90 Å². The zero-order chi connectivity index (χ0) is 12.4. The lowest BCUT2D eigenvalue weighted by Gasteiger charge is -2.23. The molecule has 0 bridgehead atoms. The van der Waals surface area contributed by atoms with Gasteiger partial charge in [0.25, 0.3) is 0 Å². The number of urea groups is 1. The van der Waals surface area contributed by atoms with Crippen molar-refractivity contribution in [3.63, 3.8) is 0 Å². The molecule has 2 amide bonds. The quantitative estimate of drug-likeness (QED) is 0.799. The average molecular weight is 245 g/mol. The van der Waals surface area contributed by atoms with Crippen LogP contribution >= 0.6 is 0 Å². The number of anilines is 2. The van der Waals surface area contributed by atoms with Crippen LogP contribution < -0.4 is 10.6 Å². The first-order valence-electron chi connectivity index (χ1n) is 6.76. The summed E-state index contributed by atoms with van der Waals surface area (Å²) in [6, 6.07) is 6.16. The van der Waals surface area contributed by atoms with E-state index in [1.165, 1.54) is 5.56 Å². The van der Waals surface area contributed by atoms with E-state index in [9.17, 15) is 4.79 Å². The molecule has 0 radical (unpaired) electrons. The number of hydrogen-bond donors (Lipinski definition) is 2. The molecule has 0 atom stereocenters. The third kappa shape index (κ3) is 2.15. The number of likely N-dealkylation sites (tertiary alicyclic amines) is 1. The molecule has 1 aromatic rings. The van der Waals surface area contributed by atoms with Crippen LogP contribution in [0, 0.1) is 0 Å². The number of fused-ring (bicyclic) bond motifs is 1. The number of benzene rings is 1. The lowest BCUT2D eigenvalue weighted by molar-refractivity contribution is 0.222. The number of aryl methyl sites for hydroxylation is 1. The number of carbonyl (C=O) groups excluding carboxylic acids is 1. The van der Waals surface area contributed by atoms with Crippen LogP contribution in [0.2, 0.25) is 0 Å². The number of carbonyl (C=O) groups is 1. The SMILES string of the molecule is O=C(Nc1cccc2c1NCCC2)N1CCCC1. The van der Waals surface area contributed by atoms with Gasteiger partial charge in [-0.15, -0.1) is 0 Å². The molecule has 2 aliphatic rings. The van der Waals surface area contributed by atoms with Gasteiger partial charge in [0.05, 0.1) is 11.4 Å². The Hall–Kier alpha value is -1.71. The predicted octanol–water partition coefficient (Wildman–Crippen LogP) is 2.67. The number of nitrogens with one attached hydrogen (secondary N) is 2. The second kappa shape index (κ2) is 4.88. The van der Waals surface area contributed by atoms with E-state index in [1.807, 2.05) is 17.0 Å². The molecule has 0 saturated carbocycles. The third-order valence-electron chi connectivity index (χ3n) is 3.71. The van der Waals surface area contributed by atoms with Gasteiger partial charge < -0.3 is 15.5 Å². The summed E-state index contributed by atoms with van der Waals surface area (Å²) < 4.78 is 0. The maximum Gasteiger partial charge on any atom is 0.321 e. The standard InChI is InChI=1S/C14H19N3O/c18-14(17-9-1-2-10-17)16-12-7-3-5-11-6-4-8-15-13(11)12/h3,5,7,15H,1-2,4,6,8-10H2,(H,16,18). The van der Waals surface area contributed by atoms with Crippen LogP contribution in [-0.4, -0.2) is 30.6 Å². The second-order valence-electron chi connectivity index (χ2n) is 4.99. The summed E-state index contributed by atoms with van der Waals surface area (Å²) in [4.78, 5) is 14.0. The molecule has 4 nitrogen and oxygen atoms in total. The van der Waals surface area contributed by atoms with Crippen molar-refractivity contribution in [3.8, 4) is 0 Å². The fraction of sp³-hybridized carbons (Fsp3) is 0.500. The summed E-state index contributed by atoms with van der Waals surface area (Å²) in [6.07, 6.45) is 4.50. The van der Waals surface area contributed by atoms with E-state index in [-0.39, 0.29) is 6.03 Å². The molecule has 18 heavy (non-hydrogen) atoms. The number of amides is 2. The van der Waals surface area contributed by atoms with Crippen molar-refractivity contribution < 1.29 is 4.79 Å². The number of nitrogens with zero attached hydrogens (tertiary/aromatic N) is 1. The van der Waals surface area contributed by atoms with Crippen LogP contribution in [0.3, 0.4) is 0 Å². The molecule has 2 heterocycles. The highest BCUT2D eigenvalue weighted by Crippen LogP contribution is 2.30. The Labute approximate surface area is 107 Å². The second-order valence-corrected chi connectivity index (χ2v) is 4.99. The minimum atomic E-state index is 0.0354. The molecule has 1 aromatic carbocycles. The van der Waals surface area contributed by atoms with E-state index in [4.69, 9.17) is 0 Å². The van der Waals surface area contributed by atoms with Crippen molar-refractivity contribution >= 4 is 17.4 Å². The predicted molar refractivity (Wildman–Crippen MR) is 73.1 cm³/mol. The zero-order valence-electron chi connectivity index (χ0n) is 10.5. The van der Waals surface area contributed by atoms with Gasteiger partial charge in [-0.25, -0.2) is 4.79 Å². The van der Waals surface area contributed by atoms with Gasteiger partial charge in [-0.3, -0.25) is 0 Å². The van der Waals surface area contributed by atoms with Gasteiger partial charge in [0.15, 0.2) is 0 Å². The van der Waals surface area contributed by atoms with Crippen LogP contribution in [-0.2, 0) is 6.42 Å². The summed E-state index contributed by atoms with van der Waals surface area (Å²) in [5, 5.41) is 6.43. The lowest BCUT2D eigenvalue weighted by atomic mass is 10.0. The maximum absolute atomic E-state index is 12.1. The summed E-state index contributed by atoms with van der Waals surface area (Å²) in [7, 11) is 0. The summed E-state index contributed by atoms with van der Waals surface area (Å²) >= 11 is 0. The van der Waals surface area contributed by atoms with E-state index in [0.29, 0.717) is 0 Å². The first-order chi connectivity index (χ1) is 8.84. The van der Waals surface area contributed by atoms with Crippen LogP contribution in [0.5, 0.6) is 0 Å². The average Bonchev–Trinajstić information content (AvgIpc) is 2.93. The lowest BCUT2D eigenvalue weighted by Crippen LogP contribution is -2.32. The Morgan fingerprint density at radius 2 is 2.06 bits per heavy atom. The van der Waals surface area contributed by atoms with Crippen molar-refractivity contribution in [3.05, 3.63) is 23.8 Å². The van der Waals surface area contributed by atoms with E-state index >= 15 is 0 Å². The van der Waals surface area contributed by atoms with Gasteiger partial charge in [0, 0.05) is 19.6 Å². The van der Waals surface area contributed by atoms with Crippen LogP contribution in [0.25, 0.3) is 0 Å². The zero-order valence-corrected chi connectivity index (χ0v) is 10.5. The molecule has 4 heteroatoms. The van der Waals surface area contributed by atoms with Gasteiger partial charge in [-0.05, 0) is 37.3 Å². The highest BCUT2D eigenvalue weighted by atomic mass is 16.2. The van der Waals surface area contributed by atoms with Gasteiger partial charge in [-0.1, -0.05) is 12.1 Å². The number of para-hydroxylation sites is 1. The number of hydrogen-bond acceptors (Lipinski definition) is 2. The van der Waals surface area contributed by atoms with Crippen molar-refractivity contribution in [2.75, 3.05) is 30.3 Å². The summed E-state index contributed by atoms with van der Waals surface area (Å²) in [5.41, 5.74) is 3.33. The van der Waals surface area contributed by atoms with E-state index in [2.05, 4.69) is 16.7 Å². The molecule has 0 spiro atoms. The number of rotatable bonds is 1. The summed E-state index contributed by atoms with van der Waals surface area (Å²) in [5.74, 6) is 0. The molecule has 1 fully saturated rings. The molecule has 1 saturated heterocycles. The molecule has 2 aliphatic heterocycles. The highest BCUT2D eigenvalue weighted by Gasteiger charge is 2.20. The molecular formula is C14H19N3O. The van der Waals surface area contributed by atoms with Crippen LogP contribution in [0.1, 0.15) is 24.8 Å². The van der Waals surface area contributed by atoms with Gasteiger partial charge in [0.1, 0.15) is 0 Å². The third-order valence-corrected chi connectivity index (χ3v) is 3.71. The van der Waals surface area contributed by atoms with Crippen LogP contribution in [0.15, 0.2) is 18.2 Å². The first kappa shape index (κ1) is 11.4. The minimum absolute atomic E-state index is 0.0354. The Bertz CT molecular complexity index is 452. The fourth-order valence-corrected chi connectivity index (χ4v) is 2.73. The first-order valence-corrected chi connectivity index (χ1v) is 6.76. The molecule has 96 valence electrons. The normalized spacial score (nSPS) is 18.1. The fourth-order valence-electron chi connectivity index (χ4n) is 2.73.